The number of hydrogen-bond acceptors (Lipinski definition) is 3. The molecule has 0 fully saturated rings. The number of hydrogen-bond donors (Lipinski definition) is 0. The average Bonchev–Trinajstić information content (AvgIpc) is 2.31. The first-order valence-corrected chi connectivity index (χ1v) is 5.24. The zero-order valence-electron chi connectivity index (χ0n) is 8.85. The highest BCUT2D eigenvalue weighted by Crippen LogP contribution is 2.23. The molecule has 1 aromatic heterocycles. The van der Waals surface area contributed by atoms with Gasteiger partial charge in [0.2, 0.25) is 0 Å². The molecule has 0 saturated carbocycles. The first-order valence-electron chi connectivity index (χ1n) is 4.86. The molecule has 0 radical (unpaired) electrons. The van der Waals surface area contributed by atoms with Gasteiger partial charge in [0, 0.05) is 25.1 Å². The monoisotopic (exact) mass is 234 g/mol. The van der Waals surface area contributed by atoms with E-state index in [-0.39, 0.29) is 0 Å². The van der Waals surface area contributed by atoms with Gasteiger partial charge in [-0.15, -0.1) is 0 Å². The lowest BCUT2D eigenvalue weighted by Gasteiger charge is -2.04. The van der Waals surface area contributed by atoms with Crippen molar-refractivity contribution < 1.29 is 4.74 Å². The SMILES string of the molecule is COCc1ccc(-c2nccnc2Cl)cc1. The fourth-order valence-electron chi connectivity index (χ4n) is 1.44. The lowest BCUT2D eigenvalue weighted by atomic mass is 10.1. The van der Waals surface area contributed by atoms with Gasteiger partial charge in [-0.1, -0.05) is 35.9 Å². The third-order valence-electron chi connectivity index (χ3n) is 2.19. The number of nitrogens with zero attached hydrogens (tertiary/aromatic N) is 2. The number of rotatable bonds is 3. The van der Waals surface area contributed by atoms with Crippen molar-refractivity contribution in [1.82, 2.24) is 9.97 Å². The molecule has 0 spiro atoms. The van der Waals surface area contributed by atoms with E-state index in [0.29, 0.717) is 17.5 Å². The molecule has 1 aromatic carbocycles. The van der Waals surface area contributed by atoms with Gasteiger partial charge in [-0.3, -0.25) is 4.98 Å². The Kier molecular flexibility index (Phi) is 3.49. The molecule has 2 rings (SSSR count). The summed E-state index contributed by atoms with van der Waals surface area (Å²) in [5.41, 5.74) is 2.78. The van der Waals surface area contributed by atoms with Crippen molar-refractivity contribution in [3.05, 3.63) is 47.4 Å². The van der Waals surface area contributed by atoms with Crippen LogP contribution in [0.1, 0.15) is 5.56 Å². The molecular formula is C12H11ClN2O. The van der Waals surface area contributed by atoms with Crippen molar-refractivity contribution in [3.8, 4) is 11.3 Å². The van der Waals surface area contributed by atoms with Gasteiger partial charge in [-0.25, -0.2) is 4.98 Å². The largest absolute Gasteiger partial charge is 0.380 e. The van der Waals surface area contributed by atoms with Crippen LogP contribution in [-0.2, 0) is 11.3 Å². The topological polar surface area (TPSA) is 35.0 Å². The second-order valence-electron chi connectivity index (χ2n) is 3.33. The van der Waals surface area contributed by atoms with Gasteiger partial charge in [-0.2, -0.15) is 0 Å². The summed E-state index contributed by atoms with van der Waals surface area (Å²) in [4.78, 5) is 8.19. The normalized spacial score (nSPS) is 10.4. The summed E-state index contributed by atoms with van der Waals surface area (Å²) >= 11 is 5.96. The van der Waals surface area contributed by atoms with E-state index in [1.165, 1.54) is 0 Å². The van der Waals surface area contributed by atoms with Crippen LogP contribution in [0.25, 0.3) is 11.3 Å². The Bertz CT molecular complexity index is 471. The zero-order valence-corrected chi connectivity index (χ0v) is 9.61. The van der Waals surface area contributed by atoms with E-state index in [1.807, 2.05) is 24.3 Å². The van der Waals surface area contributed by atoms with Crippen molar-refractivity contribution in [1.29, 1.82) is 0 Å². The van der Waals surface area contributed by atoms with E-state index in [1.54, 1.807) is 19.5 Å². The molecule has 2 aromatic rings. The Morgan fingerprint density at radius 1 is 1.12 bits per heavy atom. The highest BCUT2D eigenvalue weighted by molar-refractivity contribution is 6.31. The van der Waals surface area contributed by atoms with Gasteiger partial charge in [-0.05, 0) is 5.56 Å². The van der Waals surface area contributed by atoms with E-state index in [2.05, 4.69) is 9.97 Å². The molecule has 0 aliphatic carbocycles. The summed E-state index contributed by atoms with van der Waals surface area (Å²) in [7, 11) is 1.67. The van der Waals surface area contributed by atoms with Crippen LogP contribution in [0.3, 0.4) is 0 Å². The van der Waals surface area contributed by atoms with E-state index in [9.17, 15) is 0 Å². The van der Waals surface area contributed by atoms with Crippen LogP contribution < -0.4 is 0 Å². The van der Waals surface area contributed by atoms with Crippen molar-refractivity contribution in [2.75, 3.05) is 7.11 Å². The summed E-state index contributed by atoms with van der Waals surface area (Å²) < 4.78 is 5.04. The average molecular weight is 235 g/mol. The van der Waals surface area contributed by atoms with Crippen molar-refractivity contribution in [2.45, 2.75) is 6.61 Å². The Hall–Kier alpha value is -1.45. The van der Waals surface area contributed by atoms with Crippen molar-refractivity contribution in [2.24, 2.45) is 0 Å². The molecule has 0 aliphatic heterocycles. The minimum atomic E-state index is 0.419. The van der Waals surface area contributed by atoms with Crippen LogP contribution in [0.4, 0.5) is 0 Å². The molecular weight excluding hydrogens is 224 g/mol. The first kappa shape index (κ1) is 11.0. The number of halogens is 1. The first-order chi connectivity index (χ1) is 7.81. The molecule has 0 amide bonds. The van der Waals surface area contributed by atoms with E-state index < -0.39 is 0 Å². The van der Waals surface area contributed by atoms with Crippen LogP contribution >= 0.6 is 11.6 Å². The summed E-state index contributed by atoms with van der Waals surface area (Å²) in [6.45, 7) is 0.606. The molecule has 3 nitrogen and oxygen atoms in total. The molecule has 0 N–H and O–H groups in total. The molecule has 0 bridgehead atoms. The fraction of sp³-hybridized carbons (Fsp3) is 0.167. The van der Waals surface area contributed by atoms with Gasteiger partial charge < -0.3 is 4.74 Å². The maximum absolute atomic E-state index is 5.96. The summed E-state index contributed by atoms with van der Waals surface area (Å²) in [6.07, 6.45) is 3.20. The maximum Gasteiger partial charge on any atom is 0.155 e. The third-order valence-corrected chi connectivity index (χ3v) is 2.47. The number of methoxy groups -OCH3 is 1. The standard InChI is InChI=1S/C12H11ClN2O/c1-16-8-9-2-4-10(5-3-9)11-12(13)15-7-6-14-11/h2-7H,8H2,1H3. The Balaban J connectivity index is 2.31. The predicted octanol–water partition coefficient (Wildman–Crippen LogP) is 2.94. The molecule has 0 unspecified atom stereocenters. The van der Waals surface area contributed by atoms with Crippen LogP contribution in [0.2, 0.25) is 5.15 Å². The third kappa shape index (κ3) is 2.38. The Morgan fingerprint density at radius 3 is 2.44 bits per heavy atom. The molecule has 0 atom stereocenters. The van der Waals surface area contributed by atoms with Gasteiger partial charge in [0.15, 0.2) is 5.15 Å². The van der Waals surface area contributed by atoms with Crippen molar-refractivity contribution >= 4 is 11.6 Å². The number of benzene rings is 1. The summed E-state index contributed by atoms with van der Waals surface area (Å²) in [5, 5.41) is 0.419. The van der Waals surface area contributed by atoms with E-state index in [4.69, 9.17) is 16.3 Å². The predicted molar refractivity (Wildman–Crippen MR) is 63.2 cm³/mol. The lowest BCUT2D eigenvalue weighted by Crippen LogP contribution is -1.89. The quantitative estimate of drug-likeness (QED) is 0.819. The Labute approximate surface area is 99.1 Å². The van der Waals surface area contributed by atoms with Gasteiger partial charge in [0.1, 0.15) is 5.69 Å². The minimum Gasteiger partial charge on any atom is -0.380 e. The van der Waals surface area contributed by atoms with Gasteiger partial charge in [0.05, 0.1) is 6.61 Å². The molecule has 0 saturated heterocycles. The lowest BCUT2D eigenvalue weighted by molar-refractivity contribution is 0.185. The smallest absolute Gasteiger partial charge is 0.155 e. The molecule has 0 aliphatic rings. The van der Waals surface area contributed by atoms with Gasteiger partial charge in [0.25, 0.3) is 0 Å². The summed E-state index contributed by atoms with van der Waals surface area (Å²) in [6, 6.07) is 7.90. The second-order valence-corrected chi connectivity index (χ2v) is 3.68. The van der Waals surface area contributed by atoms with E-state index in [0.717, 1.165) is 11.1 Å². The molecule has 1 heterocycles. The van der Waals surface area contributed by atoms with Crippen LogP contribution in [0.5, 0.6) is 0 Å². The molecule has 4 heteroatoms. The second kappa shape index (κ2) is 5.05. The highest BCUT2D eigenvalue weighted by Gasteiger charge is 2.04. The number of ether oxygens (including phenoxy) is 1. The molecule has 16 heavy (non-hydrogen) atoms. The van der Waals surface area contributed by atoms with Crippen molar-refractivity contribution in [3.63, 3.8) is 0 Å². The van der Waals surface area contributed by atoms with E-state index >= 15 is 0 Å². The van der Waals surface area contributed by atoms with Crippen LogP contribution in [-0.4, -0.2) is 17.1 Å². The fourth-order valence-corrected chi connectivity index (χ4v) is 1.65. The maximum atomic E-state index is 5.96. The summed E-state index contributed by atoms with van der Waals surface area (Å²) in [5.74, 6) is 0. The van der Waals surface area contributed by atoms with Crippen LogP contribution in [0, 0.1) is 0 Å². The zero-order chi connectivity index (χ0) is 11.4. The van der Waals surface area contributed by atoms with Crippen LogP contribution in [0.15, 0.2) is 36.7 Å². The Morgan fingerprint density at radius 2 is 1.81 bits per heavy atom. The number of aromatic nitrogens is 2. The highest BCUT2D eigenvalue weighted by atomic mass is 35.5. The van der Waals surface area contributed by atoms with Gasteiger partial charge >= 0.3 is 0 Å². The molecule has 82 valence electrons. The minimum absolute atomic E-state index is 0.419.